The highest BCUT2D eigenvalue weighted by Gasteiger charge is 2.44. The number of aromatic carboxylic acids is 1. The van der Waals surface area contributed by atoms with Gasteiger partial charge in [-0.25, -0.2) is 4.79 Å². The van der Waals surface area contributed by atoms with Crippen LogP contribution in [0.4, 0.5) is 0 Å². The van der Waals surface area contributed by atoms with Gasteiger partial charge in [-0.1, -0.05) is 15.9 Å². The van der Waals surface area contributed by atoms with Crippen molar-refractivity contribution in [2.24, 2.45) is 5.73 Å². The first-order chi connectivity index (χ1) is 10.3. The first kappa shape index (κ1) is 15.4. The van der Waals surface area contributed by atoms with Crippen molar-refractivity contribution < 1.29 is 15.0 Å². The van der Waals surface area contributed by atoms with E-state index in [4.69, 9.17) is 5.73 Å². The van der Waals surface area contributed by atoms with E-state index < -0.39 is 24.5 Å². The Morgan fingerprint density at radius 2 is 2.05 bits per heavy atom. The normalized spacial score (nSPS) is 26.9. The molecule has 1 aromatic carbocycles. The first-order valence-corrected chi connectivity index (χ1v) is 7.54. The molecular weight excluding hydrogens is 352 g/mol. The van der Waals surface area contributed by atoms with Crippen molar-refractivity contribution in [1.29, 1.82) is 0 Å². The van der Waals surface area contributed by atoms with Crippen molar-refractivity contribution in [2.45, 2.75) is 18.6 Å². The van der Waals surface area contributed by atoms with E-state index in [2.05, 4.69) is 20.9 Å². The fourth-order valence-corrected chi connectivity index (χ4v) is 3.42. The number of hydrogen-bond acceptors (Lipinski definition) is 5. The summed E-state index contributed by atoms with van der Waals surface area (Å²) in [6, 6.07) is 4.95. The summed E-state index contributed by atoms with van der Waals surface area (Å²) in [5.41, 5.74) is 7.36. The minimum absolute atomic E-state index is 0.0755. The van der Waals surface area contributed by atoms with Gasteiger partial charge in [0.1, 0.15) is 18.2 Å². The van der Waals surface area contributed by atoms with Crippen LogP contribution >= 0.6 is 15.9 Å². The van der Waals surface area contributed by atoms with Crippen molar-refractivity contribution in [3.05, 3.63) is 33.9 Å². The Labute approximate surface area is 135 Å². The van der Waals surface area contributed by atoms with Crippen LogP contribution in [0.3, 0.4) is 0 Å². The van der Waals surface area contributed by atoms with E-state index in [0.717, 1.165) is 9.86 Å². The second-order valence-electron chi connectivity index (χ2n) is 5.51. The number of nitrogens with zero attached hydrogens (tertiary/aromatic N) is 2. The number of aromatic amines is 1. The molecule has 3 atom stereocenters. The number of aromatic nitrogens is 1. The van der Waals surface area contributed by atoms with Crippen molar-refractivity contribution in [3.8, 4) is 0 Å². The number of aliphatic hydroxyl groups is 1. The monoisotopic (exact) mass is 368 g/mol. The highest BCUT2D eigenvalue weighted by molar-refractivity contribution is 9.10. The number of carboxylic acid groups (broad SMARTS) is 1. The van der Waals surface area contributed by atoms with Gasteiger partial charge in [-0.05, 0) is 32.3 Å². The molecule has 0 saturated carbocycles. The minimum atomic E-state index is -1.06. The lowest BCUT2D eigenvalue weighted by Crippen LogP contribution is -2.43. The highest BCUT2D eigenvalue weighted by Crippen LogP contribution is 2.39. The van der Waals surface area contributed by atoms with E-state index in [1.807, 2.05) is 12.1 Å². The zero-order valence-electron chi connectivity index (χ0n) is 12.1. The lowest BCUT2D eigenvalue weighted by atomic mass is 10.0. The molecule has 2 heterocycles. The number of rotatable bonds is 2. The molecule has 118 valence electrons. The van der Waals surface area contributed by atoms with Crippen LogP contribution in [-0.2, 0) is 0 Å². The van der Waals surface area contributed by atoms with Crippen molar-refractivity contribution in [3.63, 3.8) is 0 Å². The van der Waals surface area contributed by atoms with Crippen LogP contribution in [0.15, 0.2) is 22.7 Å². The Morgan fingerprint density at radius 3 is 2.59 bits per heavy atom. The minimum Gasteiger partial charge on any atom is -0.477 e. The molecule has 1 aliphatic rings. The molecule has 1 unspecified atom stereocenters. The number of nitrogens with one attached hydrogen (secondary N) is 1. The number of H-pyrrole nitrogens is 1. The number of likely N-dealkylation sites (N-methyl/N-ethyl adjacent to an activating group) is 2. The van der Waals surface area contributed by atoms with Gasteiger partial charge in [0, 0.05) is 20.9 Å². The van der Waals surface area contributed by atoms with Crippen LogP contribution in [-0.4, -0.2) is 57.6 Å². The molecule has 2 aromatic rings. The maximum atomic E-state index is 11.6. The molecule has 5 N–H and O–H groups in total. The van der Waals surface area contributed by atoms with Crippen LogP contribution in [0.5, 0.6) is 0 Å². The van der Waals surface area contributed by atoms with E-state index in [0.29, 0.717) is 11.1 Å². The summed E-state index contributed by atoms with van der Waals surface area (Å²) in [5.74, 6) is -1.06. The van der Waals surface area contributed by atoms with E-state index in [-0.39, 0.29) is 5.69 Å². The zero-order valence-corrected chi connectivity index (χ0v) is 13.7. The average Bonchev–Trinajstić information content (AvgIpc) is 2.92. The van der Waals surface area contributed by atoms with E-state index in [9.17, 15) is 15.0 Å². The van der Waals surface area contributed by atoms with Crippen molar-refractivity contribution in [2.75, 3.05) is 14.1 Å². The van der Waals surface area contributed by atoms with Gasteiger partial charge in [0.05, 0.1) is 6.04 Å². The Hall–Kier alpha value is -1.45. The van der Waals surface area contributed by atoms with Gasteiger partial charge in [-0.2, -0.15) is 0 Å². The molecule has 7 nitrogen and oxygen atoms in total. The largest absolute Gasteiger partial charge is 0.477 e. The molecule has 0 amide bonds. The molecule has 0 radical (unpaired) electrons. The third kappa shape index (κ3) is 2.15. The van der Waals surface area contributed by atoms with Crippen LogP contribution < -0.4 is 5.73 Å². The van der Waals surface area contributed by atoms with Crippen LogP contribution in [0.2, 0.25) is 0 Å². The summed E-state index contributed by atoms with van der Waals surface area (Å²) >= 11 is 3.40. The SMILES string of the molecule is CN1C(N)N(C)[C@H](c2c(C(=O)O)[nH]c3ccc(Br)cc23)[C@H]1O. The number of halogens is 1. The summed E-state index contributed by atoms with van der Waals surface area (Å²) in [4.78, 5) is 17.9. The van der Waals surface area contributed by atoms with Crippen LogP contribution in [0, 0.1) is 0 Å². The second-order valence-corrected chi connectivity index (χ2v) is 6.43. The Morgan fingerprint density at radius 1 is 1.36 bits per heavy atom. The van der Waals surface area contributed by atoms with Gasteiger partial charge >= 0.3 is 5.97 Å². The average molecular weight is 369 g/mol. The molecule has 0 aliphatic carbocycles. The molecule has 8 heteroatoms. The van der Waals surface area contributed by atoms with Gasteiger partial charge in [-0.15, -0.1) is 0 Å². The molecule has 0 bridgehead atoms. The second kappa shape index (κ2) is 5.32. The third-order valence-corrected chi connectivity index (χ3v) is 4.78. The number of benzene rings is 1. The lowest BCUT2D eigenvalue weighted by Gasteiger charge is -2.23. The van der Waals surface area contributed by atoms with E-state index in [1.165, 1.54) is 0 Å². The first-order valence-electron chi connectivity index (χ1n) is 6.75. The number of nitrogens with two attached hydrogens (primary N) is 1. The van der Waals surface area contributed by atoms with E-state index in [1.54, 1.807) is 30.0 Å². The number of fused-ring (bicyclic) bond motifs is 1. The summed E-state index contributed by atoms with van der Waals surface area (Å²) in [6.45, 7) is 0. The quantitative estimate of drug-likeness (QED) is 0.632. The predicted octanol–water partition coefficient (Wildman–Crippen LogP) is 1.11. The third-order valence-electron chi connectivity index (χ3n) is 4.28. The zero-order chi connectivity index (χ0) is 16.2. The molecule has 3 rings (SSSR count). The summed E-state index contributed by atoms with van der Waals surface area (Å²) < 4.78 is 0.838. The number of aliphatic hydroxyl groups excluding tert-OH is 1. The fourth-order valence-electron chi connectivity index (χ4n) is 3.05. The summed E-state index contributed by atoms with van der Waals surface area (Å²) in [6.07, 6.45) is -1.38. The maximum Gasteiger partial charge on any atom is 0.352 e. The molecule has 22 heavy (non-hydrogen) atoms. The van der Waals surface area contributed by atoms with Gasteiger partial charge in [0.15, 0.2) is 0 Å². The maximum absolute atomic E-state index is 11.6. The summed E-state index contributed by atoms with van der Waals surface area (Å²) in [7, 11) is 3.47. The summed E-state index contributed by atoms with van der Waals surface area (Å²) in [5, 5.41) is 20.8. The van der Waals surface area contributed by atoms with Crippen molar-refractivity contribution in [1.82, 2.24) is 14.8 Å². The van der Waals surface area contributed by atoms with Crippen LogP contribution in [0.1, 0.15) is 22.1 Å². The Bertz CT molecular complexity index is 733. The van der Waals surface area contributed by atoms with Crippen molar-refractivity contribution >= 4 is 32.8 Å². The molecule has 1 aliphatic heterocycles. The topological polar surface area (TPSA) is 106 Å². The fraction of sp³-hybridized carbons (Fsp3) is 0.357. The molecule has 1 aromatic heterocycles. The Kier molecular flexibility index (Phi) is 3.74. The Balaban J connectivity index is 2.27. The molecule has 0 spiro atoms. The molecule has 1 fully saturated rings. The number of carboxylic acids is 1. The highest BCUT2D eigenvalue weighted by atomic mass is 79.9. The smallest absolute Gasteiger partial charge is 0.352 e. The van der Waals surface area contributed by atoms with Gasteiger partial charge < -0.3 is 20.9 Å². The lowest BCUT2D eigenvalue weighted by molar-refractivity contribution is 0.0284. The molecule has 1 saturated heterocycles. The van der Waals surface area contributed by atoms with Crippen LogP contribution in [0.25, 0.3) is 10.9 Å². The van der Waals surface area contributed by atoms with Gasteiger partial charge in [0.2, 0.25) is 0 Å². The molecular formula is C14H17BrN4O3. The number of carbonyl (C=O) groups is 1. The van der Waals surface area contributed by atoms with Gasteiger partial charge in [-0.3, -0.25) is 9.80 Å². The van der Waals surface area contributed by atoms with E-state index >= 15 is 0 Å². The van der Waals surface area contributed by atoms with Gasteiger partial charge in [0.25, 0.3) is 0 Å². The standard InChI is InChI=1S/C14H17BrN4O3/c1-18-11(12(20)19(2)14(18)16)9-7-5-6(15)3-4-8(7)17-10(9)13(21)22/h3-5,11-12,14,17,20H,16H2,1-2H3,(H,21,22)/t11-,12-,14?/m1/s1. The predicted molar refractivity (Wildman–Crippen MR) is 85.2 cm³/mol. The number of hydrogen-bond donors (Lipinski definition) is 4.